The van der Waals surface area contributed by atoms with Gasteiger partial charge in [0.15, 0.2) is 5.69 Å². The third kappa shape index (κ3) is 1.39. The summed E-state index contributed by atoms with van der Waals surface area (Å²) in [7, 11) is 0. The molecule has 0 radical (unpaired) electrons. The molecule has 0 spiro atoms. The molecule has 2 heterocycles. The smallest absolute Gasteiger partial charge is 0.360 e. The van der Waals surface area contributed by atoms with E-state index in [1.165, 1.54) is 0 Å². The van der Waals surface area contributed by atoms with Crippen molar-refractivity contribution in [3.8, 4) is 11.3 Å². The Morgan fingerprint density at radius 1 is 1.39 bits per heavy atom. The van der Waals surface area contributed by atoms with Gasteiger partial charge in [0, 0.05) is 22.7 Å². The van der Waals surface area contributed by atoms with Crippen LogP contribution in [-0.2, 0) is 0 Å². The average Bonchev–Trinajstić information content (AvgIpc) is 2.94. The number of carboxylic acid groups (broad SMARTS) is 1. The maximum atomic E-state index is 11.0. The molecule has 0 bridgehead atoms. The summed E-state index contributed by atoms with van der Waals surface area (Å²) in [4.78, 5) is 14.1. The monoisotopic (exact) mass is 243 g/mol. The highest BCUT2D eigenvalue weighted by atomic mass is 16.6. The molecule has 0 unspecified atom stereocenters. The molecule has 0 fully saturated rings. The van der Waals surface area contributed by atoms with Crippen LogP contribution < -0.4 is 0 Å². The van der Waals surface area contributed by atoms with Crippen LogP contribution in [0.3, 0.4) is 0 Å². The average molecular weight is 243 g/mol. The van der Waals surface area contributed by atoms with E-state index in [9.17, 15) is 4.79 Å². The molecule has 90 valence electrons. The third-order valence-electron chi connectivity index (χ3n) is 2.86. The zero-order chi connectivity index (χ0) is 12.7. The van der Waals surface area contributed by atoms with E-state index in [1.54, 1.807) is 6.20 Å². The van der Waals surface area contributed by atoms with E-state index in [2.05, 4.69) is 19.9 Å². The van der Waals surface area contributed by atoms with Gasteiger partial charge in [0.2, 0.25) is 5.69 Å². The highest BCUT2D eigenvalue weighted by molar-refractivity contribution is 6.01. The summed E-state index contributed by atoms with van der Waals surface area (Å²) in [6.45, 7) is 1.95. The molecular formula is C12H9N3O3. The van der Waals surface area contributed by atoms with Crippen LogP contribution in [0.15, 0.2) is 29.0 Å². The molecule has 2 N–H and O–H groups in total. The van der Waals surface area contributed by atoms with E-state index in [-0.39, 0.29) is 11.4 Å². The van der Waals surface area contributed by atoms with Crippen molar-refractivity contribution in [1.82, 2.24) is 15.3 Å². The second-order valence-corrected chi connectivity index (χ2v) is 3.97. The highest BCUT2D eigenvalue weighted by Crippen LogP contribution is 2.31. The minimum Gasteiger partial charge on any atom is -0.476 e. The fraction of sp³-hybridized carbons (Fsp3) is 0.0833. The summed E-state index contributed by atoms with van der Waals surface area (Å²) in [6, 6.07) is 5.80. The number of aryl methyl sites for hydroxylation is 1. The number of carbonyl (C=O) groups is 1. The van der Waals surface area contributed by atoms with Crippen LogP contribution in [0, 0.1) is 6.92 Å². The van der Waals surface area contributed by atoms with Gasteiger partial charge in [-0.25, -0.2) is 9.42 Å². The van der Waals surface area contributed by atoms with E-state index in [4.69, 9.17) is 5.11 Å². The summed E-state index contributed by atoms with van der Waals surface area (Å²) >= 11 is 0. The molecule has 0 amide bonds. The molecule has 0 aliphatic carbocycles. The molecule has 0 atom stereocenters. The van der Waals surface area contributed by atoms with Gasteiger partial charge in [0.05, 0.1) is 0 Å². The van der Waals surface area contributed by atoms with E-state index >= 15 is 0 Å². The Bertz CT molecular complexity index is 742. The van der Waals surface area contributed by atoms with Gasteiger partial charge in [0.1, 0.15) is 0 Å². The topological polar surface area (TPSA) is 92.0 Å². The second-order valence-electron chi connectivity index (χ2n) is 3.97. The molecule has 0 saturated heterocycles. The number of aromatic amines is 1. The lowest BCUT2D eigenvalue weighted by Gasteiger charge is -1.98. The van der Waals surface area contributed by atoms with Gasteiger partial charge in [-0.2, -0.15) is 0 Å². The first-order valence-electron chi connectivity index (χ1n) is 5.31. The summed E-state index contributed by atoms with van der Waals surface area (Å²) in [5, 5.41) is 17.0. The molecule has 18 heavy (non-hydrogen) atoms. The lowest BCUT2D eigenvalue weighted by Crippen LogP contribution is -1.98. The SMILES string of the molecule is Cc1cccc2[nH]cc(-c3nonc3C(=O)O)c12. The fourth-order valence-corrected chi connectivity index (χ4v) is 2.06. The first-order chi connectivity index (χ1) is 8.68. The van der Waals surface area contributed by atoms with Crippen LogP contribution in [0.25, 0.3) is 22.2 Å². The zero-order valence-electron chi connectivity index (χ0n) is 9.47. The Labute approximate surface area is 101 Å². The number of carboxylic acids is 1. The van der Waals surface area contributed by atoms with E-state index in [1.807, 2.05) is 25.1 Å². The van der Waals surface area contributed by atoms with Gasteiger partial charge in [-0.05, 0) is 28.9 Å². The van der Waals surface area contributed by atoms with Crippen molar-refractivity contribution < 1.29 is 14.5 Å². The minimum atomic E-state index is -1.16. The van der Waals surface area contributed by atoms with Crippen LogP contribution in [0.5, 0.6) is 0 Å². The third-order valence-corrected chi connectivity index (χ3v) is 2.86. The van der Waals surface area contributed by atoms with Crippen LogP contribution in [0.4, 0.5) is 0 Å². The molecule has 3 rings (SSSR count). The standard InChI is InChI=1S/C12H9N3O3/c1-6-3-2-4-8-9(6)7(5-13-8)10-11(12(16)17)15-18-14-10/h2-5,13H,1H3,(H,16,17). The maximum absolute atomic E-state index is 11.0. The lowest BCUT2D eigenvalue weighted by molar-refractivity contribution is 0.0685. The van der Waals surface area contributed by atoms with Crippen molar-refractivity contribution in [2.24, 2.45) is 0 Å². The number of rotatable bonds is 2. The summed E-state index contributed by atoms with van der Waals surface area (Å²) in [5.41, 5.74) is 2.69. The molecule has 3 aromatic rings. The highest BCUT2D eigenvalue weighted by Gasteiger charge is 2.21. The van der Waals surface area contributed by atoms with Gasteiger partial charge in [-0.1, -0.05) is 12.1 Å². The summed E-state index contributed by atoms with van der Waals surface area (Å²) in [6.07, 6.45) is 1.71. The Balaban J connectivity index is 2.32. The Hall–Kier alpha value is -2.63. The number of nitrogens with zero attached hydrogens (tertiary/aromatic N) is 2. The minimum absolute atomic E-state index is 0.181. The van der Waals surface area contributed by atoms with Gasteiger partial charge in [0.25, 0.3) is 0 Å². The number of fused-ring (bicyclic) bond motifs is 1. The first kappa shape index (κ1) is 10.5. The van der Waals surface area contributed by atoms with Crippen LogP contribution in [-0.4, -0.2) is 26.4 Å². The quantitative estimate of drug-likeness (QED) is 0.720. The van der Waals surface area contributed by atoms with Crippen molar-refractivity contribution in [3.05, 3.63) is 35.7 Å². The Morgan fingerprint density at radius 2 is 2.22 bits per heavy atom. The number of H-pyrrole nitrogens is 1. The maximum Gasteiger partial charge on any atom is 0.360 e. The van der Waals surface area contributed by atoms with E-state index in [0.717, 1.165) is 16.5 Å². The molecule has 1 aromatic carbocycles. The normalized spacial score (nSPS) is 10.9. The number of hydrogen-bond donors (Lipinski definition) is 2. The molecule has 0 aliphatic rings. The number of aromatic nitrogens is 3. The lowest BCUT2D eigenvalue weighted by atomic mass is 10.0. The summed E-state index contributed by atoms with van der Waals surface area (Å²) in [5.74, 6) is -1.16. The molecule has 2 aromatic heterocycles. The molecular weight excluding hydrogens is 234 g/mol. The molecule has 0 aliphatic heterocycles. The van der Waals surface area contributed by atoms with E-state index < -0.39 is 5.97 Å². The molecule has 6 heteroatoms. The van der Waals surface area contributed by atoms with E-state index in [0.29, 0.717) is 5.56 Å². The molecule has 0 saturated carbocycles. The van der Waals surface area contributed by atoms with Crippen molar-refractivity contribution in [1.29, 1.82) is 0 Å². The van der Waals surface area contributed by atoms with Crippen LogP contribution in [0.1, 0.15) is 16.1 Å². The van der Waals surface area contributed by atoms with Crippen LogP contribution >= 0.6 is 0 Å². The molecule has 6 nitrogen and oxygen atoms in total. The summed E-state index contributed by atoms with van der Waals surface area (Å²) < 4.78 is 4.52. The predicted octanol–water partition coefficient (Wildman–Crippen LogP) is 2.22. The van der Waals surface area contributed by atoms with Crippen molar-refractivity contribution >= 4 is 16.9 Å². The van der Waals surface area contributed by atoms with Gasteiger partial charge in [-0.3, -0.25) is 0 Å². The Morgan fingerprint density at radius 3 is 3.00 bits per heavy atom. The van der Waals surface area contributed by atoms with Crippen LogP contribution in [0.2, 0.25) is 0 Å². The van der Waals surface area contributed by atoms with Crippen molar-refractivity contribution in [3.63, 3.8) is 0 Å². The fourth-order valence-electron chi connectivity index (χ4n) is 2.06. The van der Waals surface area contributed by atoms with Gasteiger partial charge in [-0.15, -0.1) is 0 Å². The van der Waals surface area contributed by atoms with Crippen molar-refractivity contribution in [2.75, 3.05) is 0 Å². The number of aromatic carboxylic acids is 1. The predicted molar refractivity (Wildman–Crippen MR) is 63.3 cm³/mol. The van der Waals surface area contributed by atoms with Gasteiger partial charge < -0.3 is 10.1 Å². The number of hydrogen-bond acceptors (Lipinski definition) is 4. The Kier molecular flexibility index (Phi) is 2.16. The number of benzene rings is 1. The largest absolute Gasteiger partial charge is 0.476 e. The van der Waals surface area contributed by atoms with Crippen molar-refractivity contribution in [2.45, 2.75) is 6.92 Å². The first-order valence-corrected chi connectivity index (χ1v) is 5.31. The number of nitrogens with one attached hydrogen (secondary N) is 1. The second kappa shape index (κ2) is 3.69. The zero-order valence-corrected chi connectivity index (χ0v) is 9.47. The van der Waals surface area contributed by atoms with Gasteiger partial charge >= 0.3 is 5.97 Å².